The largest absolute Gasteiger partial charge is 0.355 e. The zero-order chi connectivity index (χ0) is 10.4. The third-order valence-electron chi connectivity index (χ3n) is 1.90. The van der Waals surface area contributed by atoms with Crippen molar-refractivity contribution in [3.63, 3.8) is 0 Å². The number of nitrogens with zero attached hydrogens (tertiary/aromatic N) is 1. The molecule has 0 saturated carbocycles. The molecule has 14 heavy (non-hydrogen) atoms. The van der Waals surface area contributed by atoms with Crippen LogP contribution in [0.25, 0.3) is 0 Å². The Morgan fingerprint density at radius 1 is 1.57 bits per heavy atom. The number of aromatic nitrogens is 2. The Balaban J connectivity index is 2.10. The Morgan fingerprint density at radius 3 is 2.93 bits per heavy atom. The van der Waals surface area contributed by atoms with Gasteiger partial charge in [-0.2, -0.15) is 0 Å². The molecule has 1 aromatic rings. The molecule has 0 spiro atoms. The van der Waals surface area contributed by atoms with Gasteiger partial charge in [0.25, 0.3) is 0 Å². The quantitative estimate of drug-likeness (QED) is 0.578. The topological polar surface area (TPSA) is 69.8 Å². The normalized spacial score (nSPS) is 10.1. The first kappa shape index (κ1) is 10.7. The van der Waals surface area contributed by atoms with Gasteiger partial charge < -0.3 is 15.6 Å². The van der Waals surface area contributed by atoms with Crippen molar-refractivity contribution in [1.82, 2.24) is 20.6 Å². The van der Waals surface area contributed by atoms with Crippen LogP contribution in [0.2, 0.25) is 0 Å². The minimum atomic E-state index is 0.00255. The molecule has 5 heteroatoms. The molecule has 1 amide bonds. The number of H-pyrrole nitrogens is 1. The van der Waals surface area contributed by atoms with E-state index in [9.17, 15) is 4.79 Å². The van der Waals surface area contributed by atoms with Gasteiger partial charge in [-0.05, 0) is 6.92 Å². The van der Waals surface area contributed by atoms with E-state index in [0.717, 1.165) is 24.5 Å². The lowest BCUT2D eigenvalue weighted by molar-refractivity contribution is -0.118. The van der Waals surface area contributed by atoms with E-state index in [2.05, 4.69) is 20.6 Å². The van der Waals surface area contributed by atoms with Crippen molar-refractivity contribution < 1.29 is 4.79 Å². The highest BCUT2D eigenvalue weighted by molar-refractivity contribution is 5.72. The van der Waals surface area contributed by atoms with Crippen LogP contribution in [0.1, 0.15) is 18.3 Å². The van der Waals surface area contributed by atoms with E-state index in [1.165, 1.54) is 6.92 Å². The third-order valence-corrected chi connectivity index (χ3v) is 1.90. The summed E-state index contributed by atoms with van der Waals surface area (Å²) in [5.74, 6) is 0.00255. The SMILES string of the molecule is CC(=O)NCCNCc1nc[nH]c1C. The maximum absolute atomic E-state index is 10.5. The molecule has 0 unspecified atom stereocenters. The second-order valence-electron chi connectivity index (χ2n) is 3.13. The van der Waals surface area contributed by atoms with Gasteiger partial charge in [0.15, 0.2) is 0 Å². The standard InChI is InChI=1S/C9H16N4O/c1-7-9(13-6-12-7)5-10-3-4-11-8(2)14/h6,10H,3-5H2,1-2H3,(H,11,14)(H,12,13). The summed E-state index contributed by atoms with van der Waals surface area (Å²) in [6, 6.07) is 0. The Morgan fingerprint density at radius 2 is 2.36 bits per heavy atom. The molecule has 0 aromatic carbocycles. The maximum atomic E-state index is 10.5. The number of hydrogen-bond donors (Lipinski definition) is 3. The fourth-order valence-electron chi connectivity index (χ4n) is 1.10. The number of rotatable bonds is 5. The first-order chi connectivity index (χ1) is 6.70. The van der Waals surface area contributed by atoms with Crippen molar-refractivity contribution in [2.24, 2.45) is 0 Å². The first-order valence-corrected chi connectivity index (χ1v) is 4.64. The van der Waals surface area contributed by atoms with Crippen molar-refractivity contribution in [2.75, 3.05) is 13.1 Å². The molecule has 0 aliphatic rings. The number of carbonyl (C=O) groups excluding carboxylic acids is 1. The van der Waals surface area contributed by atoms with Crippen molar-refractivity contribution in [3.05, 3.63) is 17.7 Å². The van der Waals surface area contributed by atoms with Crippen LogP contribution in [-0.4, -0.2) is 29.0 Å². The number of nitrogens with one attached hydrogen (secondary N) is 3. The molecular formula is C9H16N4O. The summed E-state index contributed by atoms with van der Waals surface area (Å²) in [6.07, 6.45) is 1.68. The fraction of sp³-hybridized carbons (Fsp3) is 0.556. The molecule has 0 radical (unpaired) electrons. The number of aromatic amines is 1. The minimum absolute atomic E-state index is 0.00255. The molecule has 1 rings (SSSR count). The van der Waals surface area contributed by atoms with Crippen molar-refractivity contribution >= 4 is 5.91 Å². The van der Waals surface area contributed by atoms with E-state index < -0.39 is 0 Å². The summed E-state index contributed by atoms with van der Waals surface area (Å²) in [4.78, 5) is 17.7. The Labute approximate surface area is 83.3 Å². The highest BCUT2D eigenvalue weighted by Crippen LogP contribution is 1.98. The Kier molecular flexibility index (Phi) is 4.12. The minimum Gasteiger partial charge on any atom is -0.355 e. The van der Waals surface area contributed by atoms with Crippen LogP contribution in [0.15, 0.2) is 6.33 Å². The van der Waals surface area contributed by atoms with Gasteiger partial charge in [-0.25, -0.2) is 4.98 Å². The average molecular weight is 196 g/mol. The van der Waals surface area contributed by atoms with Crippen LogP contribution in [0.5, 0.6) is 0 Å². The van der Waals surface area contributed by atoms with Gasteiger partial charge in [0.1, 0.15) is 0 Å². The number of amides is 1. The van der Waals surface area contributed by atoms with Crippen molar-refractivity contribution in [2.45, 2.75) is 20.4 Å². The second kappa shape index (κ2) is 5.39. The molecule has 78 valence electrons. The monoisotopic (exact) mass is 196 g/mol. The van der Waals surface area contributed by atoms with Crippen LogP contribution in [-0.2, 0) is 11.3 Å². The van der Waals surface area contributed by atoms with Crippen molar-refractivity contribution in [3.8, 4) is 0 Å². The zero-order valence-electron chi connectivity index (χ0n) is 8.55. The fourth-order valence-corrected chi connectivity index (χ4v) is 1.10. The lowest BCUT2D eigenvalue weighted by Crippen LogP contribution is -2.30. The van der Waals surface area contributed by atoms with E-state index in [4.69, 9.17) is 0 Å². The summed E-state index contributed by atoms with van der Waals surface area (Å²) in [5, 5.41) is 5.90. The summed E-state index contributed by atoms with van der Waals surface area (Å²) in [7, 11) is 0. The molecule has 0 bridgehead atoms. The van der Waals surface area contributed by atoms with Crippen LogP contribution < -0.4 is 10.6 Å². The predicted molar refractivity (Wildman–Crippen MR) is 53.7 cm³/mol. The molecule has 5 nitrogen and oxygen atoms in total. The van der Waals surface area contributed by atoms with E-state index in [-0.39, 0.29) is 5.91 Å². The van der Waals surface area contributed by atoms with Crippen LogP contribution >= 0.6 is 0 Å². The van der Waals surface area contributed by atoms with Crippen LogP contribution in [0.4, 0.5) is 0 Å². The molecule has 0 atom stereocenters. The number of imidazole rings is 1. The summed E-state index contributed by atoms with van der Waals surface area (Å²) >= 11 is 0. The van der Waals surface area contributed by atoms with Gasteiger partial charge in [0.05, 0.1) is 12.0 Å². The smallest absolute Gasteiger partial charge is 0.216 e. The summed E-state index contributed by atoms with van der Waals surface area (Å²) in [6.45, 7) is 5.63. The molecule has 0 fully saturated rings. The first-order valence-electron chi connectivity index (χ1n) is 4.64. The zero-order valence-corrected chi connectivity index (χ0v) is 8.55. The molecule has 0 aliphatic carbocycles. The molecule has 1 heterocycles. The van der Waals surface area contributed by atoms with E-state index in [1.54, 1.807) is 6.33 Å². The van der Waals surface area contributed by atoms with E-state index in [0.29, 0.717) is 6.54 Å². The van der Waals surface area contributed by atoms with E-state index >= 15 is 0 Å². The van der Waals surface area contributed by atoms with Gasteiger partial charge in [0, 0.05) is 32.3 Å². The second-order valence-corrected chi connectivity index (χ2v) is 3.13. The average Bonchev–Trinajstić information content (AvgIpc) is 2.51. The third kappa shape index (κ3) is 3.57. The van der Waals surface area contributed by atoms with Crippen molar-refractivity contribution in [1.29, 1.82) is 0 Å². The molecule has 0 saturated heterocycles. The molecule has 3 N–H and O–H groups in total. The Hall–Kier alpha value is -1.36. The summed E-state index contributed by atoms with van der Waals surface area (Å²) < 4.78 is 0. The lowest BCUT2D eigenvalue weighted by atomic mass is 10.3. The van der Waals surface area contributed by atoms with Crippen LogP contribution in [0, 0.1) is 6.92 Å². The van der Waals surface area contributed by atoms with Gasteiger partial charge in [-0.3, -0.25) is 4.79 Å². The molecule has 0 aliphatic heterocycles. The highest BCUT2D eigenvalue weighted by atomic mass is 16.1. The summed E-state index contributed by atoms with van der Waals surface area (Å²) in [5.41, 5.74) is 2.10. The number of aryl methyl sites for hydroxylation is 1. The number of hydrogen-bond acceptors (Lipinski definition) is 3. The number of carbonyl (C=O) groups is 1. The van der Waals surface area contributed by atoms with Gasteiger partial charge in [0.2, 0.25) is 5.91 Å². The highest BCUT2D eigenvalue weighted by Gasteiger charge is 1.98. The Bertz CT molecular complexity index is 295. The lowest BCUT2D eigenvalue weighted by Gasteiger charge is -2.03. The molecular weight excluding hydrogens is 180 g/mol. The predicted octanol–water partition coefficient (Wildman–Crippen LogP) is -0.0562. The van der Waals surface area contributed by atoms with Gasteiger partial charge in [-0.15, -0.1) is 0 Å². The molecule has 1 aromatic heterocycles. The van der Waals surface area contributed by atoms with Crippen LogP contribution in [0.3, 0.4) is 0 Å². The van der Waals surface area contributed by atoms with E-state index in [1.807, 2.05) is 6.92 Å². The maximum Gasteiger partial charge on any atom is 0.216 e. The van der Waals surface area contributed by atoms with Gasteiger partial charge in [-0.1, -0.05) is 0 Å². The van der Waals surface area contributed by atoms with Gasteiger partial charge >= 0.3 is 0 Å².